The van der Waals surface area contributed by atoms with Gasteiger partial charge in [0, 0.05) is 18.7 Å². The lowest BCUT2D eigenvalue weighted by atomic mass is 10.2. The van der Waals surface area contributed by atoms with Crippen molar-refractivity contribution >= 4 is 17.8 Å². The third-order valence-corrected chi connectivity index (χ3v) is 3.44. The molecule has 2 rings (SSSR count). The number of nitrogens with zero attached hydrogens (tertiary/aromatic N) is 1. The quantitative estimate of drug-likeness (QED) is 0.519. The van der Waals surface area contributed by atoms with Gasteiger partial charge in [0.1, 0.15) is 6.54 Å². The number of benzene rings is 1. The van der Waals surface area contributed by atoms with E-state index in [1.54, 1.807) is 24.3 Å². The number of hydrogen-bond acceptors (Lipinski definition) is 6. The van der Waals surface area contributed by atoms with E-state index in [0.29, 0.717) is 30.2 Å². The lowest BCUT2D eigenvalue weighted by molar-refractivity contribution is -0.150. The van der Waals surface area contributed by atoms with Crippen LogP contribution in [0.3, 0.4) is 0 Å². The standard InChI is InChI=1S/C18H20N2O6/c1-3-7-20(8-4-2)16(21)11-24-17(22)10-19-18(23)13-5-6-14-15(9-13)26-12-25-14/h3-6,9H,1-2,7-8,10-12H2,(H,19,23). The van der Waals surface area contributed by atoms with E-state index in [1.165, 1.54) is 11.0 Å². The fourth-order valence-electron chi connectivity index (χ4n) is 2.17. The molecule has 0 saturated carbocycles. The van der Waals surface area contributed by atoms with Gasteiger partial charge in [0.25, 0.3) is 11.8 Å². The summed E-state index contributed by atoms with van der Waals surface area (Å²) in [5.41, 5.74) is 0.321. The molecule has 1 aromatic rings. The van der Waals surface area contributed by atoms with E-state index in [2.05, 4.69) is 18.5 Å². The van der Waals surface area contributed by atoms with Crippen molar-refractivity contribution in [3.8, 4) is 11.5 Å². The summed E-state index contributed by atoms with van der Waals surface area (Å²) in [5.74, 6) is -0.533. The molecule has 0 aromatic heterocycles. The average Bonchev–Trinajstić information content (AvgIpc) is 3.11. The largest absolute Gasteiger partial charge is 0.454 e. The Morgan fingerprint density at radius 2 is 1.85 bits per heavy atom. The van der Waals surface area contributed by atoms with Gasteiger partial charge in [-0.1, -0.05) is 12.2 Å². The first kappa shape index (κ1) is 19.0. The molecule has 0 radical (unpaired) electrons. The number of carbonyl (C=O) groups excluding carboxylic acids is 3. The van der Waals surface area contributed by atoms with E-state index in [-0.39, 0.29) is 19.2 Å². The molecule has 1 heterocycles. The van der Waals surface area contributed by atoms with Crippen LogP contribution in [0.4, 0.5) is 0 Å². The van der Waals surface area contributed by atoms with Crippen molar-refractivity contribution in [3.63, 3.8) is 0 Å². The van der Waals surface area contributed by atoms with Crippen LogP contribution >= 0.6 is 0 Å². The van der Waals surface area contributed by atoms with Crippen LogP contribution in [0.2, 0.25) is 0 Å². The van der Waals surface area contributed by atoms with Crippen LogP contribution in [-0.4, -0.2) is 55.7 Å². The van der Waals surface area contributed by atoms with Gasteiger partial charge in [-0.05, 0) is 18.2 Å². The highest BCUT2D eigenvalue weighted by Gasteiger charge is 2.17. The van der Waals surface area contributed by atoms with Crippen molar-refractivity contribution in [3.05, 3.63) is 49.1 Å². The fourth-order valence-corrected chi connectivity index (χ4v) is 2.17. The van der Waals surface area contributed by atoms with Gasteiger partial charge in [-0.2, -0.15) is 0 Å². The normalized spacial score (nSPS) is 11.4. The van der Waals surface area contributed by atoms with Crippen LogP contribution in [0.5, 0.6) is 11.5 Å². The summed E-state index contributed by atoms with van der Waals surface area (Å²) in [6, 6.07) is 4.69. The molecule has 26 heavy (non-hydrogen) atoms. The van der Waals surface area contributed by atoms with Crippen molar-refractivity contribution in [1.82, 2.24) is 10.2 Å². The Balaban J connectivity index is 1.77. The number of esters is 1. The molecular weight excluding hydrogens is 340 g/mol. The molecule has 2 amide bonds. The maximum atomic E-state index is 12.1. The topological polar surface area (TPSA) is 94.2 Å². The number of nitrogens with one attached hydrogen (secondary N) is 1. The molecule has 0 fully saturated rings. The molecule has 138 valence electrons. The highest BCUT2D eigenvalue weighted by molar-refractivity contribution is 5.96. The maximum absolute atomic E-state index is 12.1. The van der Waals surface area contributed by atoms with Crippen LogP contribution < -0.4 is 14.8 Å². The van der Waals surface area contributed by atoms with Gasteiger partial charge in [-0.3, -0.25) is 14.4 Å². The first-order valence-electron chi connectivity index (χ1n) is 7.88. The second kappa shape index (κ2) is 9.26. The highest BCUT2D eigenvalue weighted by Crippen LogP contribution is 2.32. The van der Waals surface area contributed by atoms with E-state index in [0.717, 1.165) is 0 Å². The summed E-state index contributed by atoms with van der Waals surface area (Å²) in [4.78, 5) is 37.1. The minimum atomic E-state index is -0.718. The molecule has 1 aliphatic heterocycles. The third kappa shape index (κ3) is 5.10. The maximum Gasteiger partial charge on any atom is 0.325 e. The first-order chi connectivity index (χ1) is 12.5. The molecule has 0 bridgehead atoms. The lowest BCUT2D eigenvalue weighted by Crippen LogP contribution is -2.37. The lowest BCUT2D eigenvalue weighted by Gasteiger charge is -2.18. The Hall–Kier alpha value is -3.29. The van der Waals surface area contributed by atoms with Gasteiger partial charge in [0.2, 0.25) is 6.79 Å². The summed E-state index contributed by atoms with van der Waals surface area (Å²) >= 11 is 0. The fraction of sp³-hybridized carbons (Fsp3) is 0.278. The summed E-state index contributed by atoms with van der Waals surface area (Å²) in [7, 11) is 0. The molecular formula is C18H20N2O6. The third-order valence-electron chi connectivity index (χ3n) is 3.44. The number of fused-ring (bicyclic) bond motifs is 1. The zero-order valence-corrected chi connectivity index (χ0v) is 14.2. The predicted molar refractivity (Wildman–Crippen MR) is 92.8 cm³/mol. The Morgan fingerprint density at radius 1 is 1.15 bits per heavy atom. The van der Waals surface area contributed by atoms with Gasteiger partial charge >= 0.3 is 5.97 Å². The van der Waals surface area contributed by atoms with Crippen molar-refractivity contribution in [1.29, 1.82) is 0 Å². The summed E-state index contributed by atoms with van der Waals surface area (Å²) in [6.45, 7) is 7.10. The van der Waals surface area contributed by atoms with Crippen LogP contribution in [0.25, 0.3) is 0 Å². The van der Waals surface area contributed by atoms with Gasteiger partial charge in [0.15, 0.2) is 18.1 Å². The van der Waals surface area contributed by atoms with E-state index in [9.17, 15) is 14.4 Å². The summed E-state index contributed by atoms with van der Waals surface area (Å²) < 4.78 is 15.2. The molecule has 0 unspecified atom stereocenters. The Labute approximate surface area is 151 Å². The van der Waals surface area contributed by atoms with Gasteiger partial charge in [-0.25, -0.2) is 0 Å². The molecule has 8 nitrogen and oxygen atoms in total. The van der Waals surface area contributed by atoms with Crippen LogP contribution in [0.1, 0.15) is 10.4 Å². The number of hydrogen-bond donors (Lipinski definition) is 1. The number of rotatable bonds is 9. The molecule has 0 spiro atoms. The van der Waals surface area contributed by atoms with Crippen LogP contribution in [0, 0.1) is 0 Å². The van der Waals surface area contributed by atoms with E-state index >= 15 is 0 Å². The molecule has 0 saturated heterocycles. The number of carbonyl (C=O) groups is 3. The van der Waals surface area contributed by atoms with Gasteiger partial charge in [-0.15, -0.1) is 13.2 Å². The van der Waals surface area contributed by atoms with Gasteiger partial charge in [0.05, 0.1) is 0 Å². The monoisotopic (exact) mass is 360 g/mol. The molecule has 1 aliphatic rings. The minimum Gasteiger partial charge on any atom is -0.454 e. The van der Waals surface area contributed by atoms with E-state index in [4.69, 9.17) is 14.2 Å². The van der Waals surface area contributed by atoms with Crippen molar-refractivity contribution in [2.75, 3.05) is 33.0 Å². The van der Waals surface area contributed by atoms with Crippen LogP contribution in [-0.2, 0) is 14.3 Å². The molecule has 1 aromatic carbocycles. The highest BCUT2D eigenvalue weighted by atomic mass is 16.7. The molecule has 1 N–H and O–H groups in total. The zero-order chi connectivity index (χ0) is 18.9. The van der Waals surface area contributed by atoms with Crippen LogP contribution in [0.15, 0.2) is 43.5 Å². The van der Waals surface area contributed by atoms with Crippen molar-refractivity contribution in [2.45, 2.75) is 0 Å². The smallest absolute Gasteiger partial charge is 0.325 e. The second-order valence-electron chi connectivity index (χ2n) is 5.29. The number of amides is 2. The zero-order valence-electron chi connectivity index (χ0n) is 14.2. The molecule has 8 heteroatoms. The van der Waals surface area contributed by atoms with E-state index in [1.807, 2.05) is 0 Å². The predicted octanol–water partition coefficient (Wildman–Crippen LogP) is 0.889. The first-order valence-corrected chi connectivity index (χ1v) is 7.88. The Morgan fingerprint density at radius 3 is 2.54 bits per heavy atom. The Kier molecular flexibility index (Phi) is 6.78. The molecule has 0 aliphatic carbocycles. The minimum absolute atomic E-state index is 0.107. The van der Waals surface area contributed by atoms with Crippen molar-refractivity contribution in [2.24, 2.45) is 0 Å². The SMILES string of the molecule is C=CCN(CC=C)C(=O)COC(=O)CNC(=O)c1ccc2c(c1)OCO2. The van der Waals surface area contributed by atoms with E-state index < -0.39 is 18.5 Å². The van der Waals surface area contributed by atoms with Gasteiger partial charge < -0.3 is 24.4 Å². The van der Waals surface area contributed by atoms with Crippen molar-refractivity contribution < 1.29 is 28.6 Å². The Bertz CT molecular complexity index is 706. The second-order valence-corrected chi connectivity index (χ2v) is 5.29. The average molecular weight is 360 g/mol. The summed E-state index contributed by atoms with van der Waals surface area (Å²) in [5, 5.41) is 2.43. The molecule has 0 atom stereocenters. The number of ether oxygens (including phenoxy) is 3. The summed E-state index contributed by atoms with van der Waals surface area (Å²) in [6.07, 6.45) is 3.13.